The van der Waals surface area contributed by atoms with Gasteiger partial charge in [-0.05, 0) is 17.5 Å². The highest BCUT2D eigenvalue weighted by molar-refractivity contribution is 7.09. The molecule has 0 radical (unpaired) electrons. The molecular formula is C14H16ClN3O2S. The monoisotopic (exact) mass is 325 g/mol. The maximum atomic E-state index is 12.6. The number of nitrogen functional groups attached to an aromatic ring is 1. The van der Waals surface area contributed by atoms with Gasteiger partial charge in [-0.1, -0.05) is 17.7 Å². The molecule has 2 aromatic heterocycles. The van der Waals surface area contributed by atoms with Crippen LogP contribution in [-0.2, 0) is 11.3 Å². The third-order valence-electron chi connectivity index (χ3n) is 2.87. The first-order valence-electron chi connectivity index (χ1n) is 6.33. The van der Waals surface area contributed by atoms with Crippen LogP contribution in [0.5, 0.6) is 0 Å². The number of carbonyl (C=O) groups is 1. The first-order chi connectivity index (χ1) is 10.1. The second kappa shape index (κ2) is 7.40. The van der Waals surface area contributed by atoms with Gasteiger partial charge in [-0.3, -0.25) is 4.79 Å². The van der Waals surface area contributed by atoms with Gasteiger partial charge in [-0.2, -0.15) is 0 Å². The molecule has 1 amide bonds. The summed E-state index contributed by atoms with van der Waals surface area (Å²) in [6.07, 6.45) is 1.43. The number of nitrogens with zero attached hydrogens (tertiary/aromatic N) is 2. The molecule has 21 heavy (non-hydrogen) atoms. The number of hydrogen-bond donors (Lipinski definition) is 1. The van der Waals surface area contributed by atoms with E-state index < -0.39 is 0 Å². The smallest absolute Gasteiger partial charge is 0.257 e. The lowest BCUT2D eigenvalue weighted by Crippen LogP contribution is -2.33. The molecule has 0 fully saturated rings. The topological polar surface area (TPSA) is 68.5 Å². The Kier molecular flexibility index (Phi) is 5.55. The van der Waals surface area contributed by atoms with E-state index in [9.17, 15) is 4.79 Å². The number of ether oxygens (including phenoxy) is 1. The lowest BCUT2D eigenvalue weighted by Gasteiger charge is -2.22. The van der Waals surface area contributed by atoms with E-state index in [1.165, 1.54) is 6.20 Å². The molecule has 2 heterocycles. The molecule has 0 aromatic carbocycles. The Labute approximate surface area is 132 Å². The Balaban J connectivity index is 2.22. The van der Waals surface area contributed by atoms with Gasteiger partial charge in [0.2, 0.25) is 0 Å². The largest absolute Gasteiger partial charge is 0.397 e. The molecule has 2 aromatic rings. The molecule has 0 aliphatic carbocycles. The maximum absolute atomic E-state index is 12.6. The van der Waals surface area contributed by atoms with Crippen LogP contribution in [0.25, 0.3) is 0 Å². The molecule has 7 heteroatoms. The molecule has 112 valence electrons. The first-order valence-corrected chi connectivity index (χ1v) is 7.59. The Hall–Kier alpha value is -1.63. The molecule has 0 aliphatic heterocycles. The minimum absolute atomic E-state index is 0.155. The summed E-state index contributed by atoms with van der Waals surface area (Å²) in [6.45, 7) is 1.42. The van der Waals surface area contributed by atoms with Gasteiger partial charge in [0.25, 0.3) is 5.91 Å². The van der Waals surface area contributed by atoms with Crippen molar-refractivity contribution in [1.29, 1.82) is 0 Å². The van der Waals surface area contributed by atoms with Gasteiger partial charge in [-0.15, -0.1) is 11.3 Å². The van der Waals surface area contributed by atoms with Gasteiger partial charge in [0.1, 0.15) is 5.15 Å². The van der Waals surface area contributed by atoms with Gasteiger partial charge >= 0.3 is 0 Å². The lowest BCUT2D eigenvalue weighted by molar-refractivity contribution is 0.0682. The van der Waals surface area contributed by atoms with Crippen LogP contribution in [0.15, 0.2) is 29.8 Å². The van der Waals surface area contributed by atoms with Crippen LogP contribution in [-0.4, -0.2) is 36.1 Å². The van der Waals surface area contributed by atoms with Crippen molar-refractivity contribution in [3.05, 3.63) is 45.4 Å². The van der Waals surface area contributed by atoms with E-state index >= 15 is 0 Å². The fourth-order valence-electron chi connectivity index (χ4n) is 1.83. The van der Waals surface area contributed by atoms with E-state index in [0.29, 0.717) is 30.9 Å². The SMILES string of the molecule is COCCN(Cc1cccs1)C(=O)c1cc(N)cnc1Cl. The van der Waals surface area contributed by atoms with E-state index in [1.54, 1.807) is 29.4 Å². The Bertz CT molecular complexity index is 604. The van der Waals surface area contributed by atoms with Crippen LogP contribution in [0.2, 0.25) is 5.15 Å². The van der Waals surface area contributed by atoms with E-state index in [4.69, 9.17) is 22.1 Å². The zero-order valence-corrected chi connectivity index (χ0v) is 13.2. The molecule has 0 aliphatic rings. The highest BCUT2D eigenvalue weighted by Crippen LogP contribution is 2.20. The summed E-state index contributed by atoms with van der Waals surface area (Å²) in [5.74, 6) is -0.203. The quantitative estimate of drug-likeness (QED) is 0.829. The van der Waals surface area contributed by atoms with E-state index in [0.717, 1.165) is 4.88 Å². The maximum Gasteiger partial charge on any atom is 0.257 e. The number of amides is 1. The predicted molar refractivity (Wildman–Crippen MR) is 84.6 cm³/mol. The van der Waals surface area contributed by atoms with Crippen molar-refractivity contribution in [2.75, 3.05) is 26.0 Å². The zero-order valence-electron chi connectivity index (χ0n) is 11.6. The van der Waals surface area contributed by atoms with Crippen molar-refractivity contribution in [1.82, 2.24) is 9.88 Å². The second-order valence-electron chi connectivity index (χ2n) is 4.41. The van der Waals surface area contributed by atoms with E-state index in [1.807, 2.05) is 17.5 Å². The van der Waals surface area contributed by atoms with Crippen LogP contribution in [0, 0.1) is 0 Å². The van der Waals surface area contributed by atoms with Crippen LogP contribution < -0.4 is 5.73 Å². The summed E-state index contributed by atoms with van der Waals surface area (Å²) >= 11 is 7.60. The lowest BCUT2D eigenvalue weighted by atomic mass is 10.2. The van der Waals surface area contributed by atoms with Gasteiger partial charge in [0, 0.05) is 18.5 Å². The van der Waals surface area contributed by atoms with Crippen molar-refractivity contribution < 1.29 is 9.53 Å². The summed E-state index contributed by atoms with van der Waals surface area (Å²) < 4.78 is 5.07. The number of rotatable bonds is 6. The number of pyridine rings is 1. The Morgan fingerprint density at radius 2 is 2.38 bits per heavy atom. The Morgan fingerprint density at radius 3 is 3.05 bits per heavy atom. The molecular weight excluding hydrogens is 310 g/mol. The predicted octanol–water partition coefficient (Wildman–Crippen LogP) is 2.67. The summed E-state index contributed by atoms with van der Waals surface area (Å²) in [6, 6.07) is 5.48. The summed E-state index contributed by atoms with van der Waals surface area (Å²) in [5, 5.41) is 2.13. The molecule has 2 N–H and O–H groups in total. The van der Waals surface area contributed by atoms with Crippen molar-refractivity contribution >= 4 is 34.5 Å². The number of aromatic nitrogens is 1. The van der Waals surface area contributed by atoms with E-state index in [-0.39, 0.29) is 11.1 Å². The Morgan fingerprint density at radius 1 is 1.57 bits per heavy atom. The zero-order chi connectivity index (χ0) is 15.2. The highest BCUT2D eigenvalue weighted by atomic mass is 35.5. The third-order valence-corrected chi connectivity index (χ3v) is 4.03. The molecule has 2 rings (SSSR count). The van der Waals surface area contributed by atoms with Crippen molar-refractivity contribution in [3.8, 4) is 0 Å². The second-order valence-corrected chi connectivity index (χ2v) is 5.80. The van der Waals surface area contributed by atoms with Gasteiger partial charge in [0.05, 0.1) is 30.6 Å². The number of anilines is 1. The normalized spacial score (nSPS) is 10.6. The number of thiophene rings is 1. The number of nitrogens with two attached hydrogens (primary N) is 1. The van der Waals surface area contributed by atoms with Crippen LogP contribution in [0.4, 0.5) is 5.69 Å². The number of halogens is 1. The fourth-order valence-corrected chi connectivity index (χ4v) is 2.73. The van der Waals surface area contributed by atoms with E-state index in [2.05, 4.69) is 4.98 Å². The molecule has 5 nitrogen and oxygen atoms in total. The molecule has 0 atom stereocenters. The average Bonchev–Trinajstić information content (AvgIpc) is 2.98. The number of carbonyl (C=O) groups excluding carboxylic acids is 1. The number of hydrogen-bond acceptors (Lipinski definition) is 5. The molecule has 0 saturated carbocycles. The summed E-state index contributed by atoms with van der Waals surface area (Å²) in [7, 11) is 1.60. The third kappa shape index (κ3) is 4.17. The molecule has 0 bridgehead atoms. The average molecular weight is 326 g/mol. The summed E-state index contributed by atoms with van der Waals surface area (Å²) in [5.41, 5.74) is 6.40. The van der Waals surface area contributed by atoms with Crippen LogP contribution >= 0.6 is 22.9 Å². The minimum Gasteiger partial charge on any atom is -0.397 e. The van der Waals surface area contributed by atoms with Crippen LogP contribution in [0.3, 0.4) is 0 Å². The van der Waals surface area contributed by atoms with Crippen LogP contribution in [0.1, 0.15) is 15.2 Å². The highest BCUT2D eigenvalue weighted by Gasteiger charge is 2.20. The number of methoxy groups -OCH3 is 1. The van der Waals surface area contributed by atoms with Crippen molar-refractivity contribution in [3.63, 3.8) is 0 Å². The van der Waals surface area contributed by atoms with Gasteiger partial charge in [-0.25, -0.2) is 4.98 Å². The van der Waals surface area contributed by atoms with Crippen molar-refractivity contribution in [2.45, 2.75) is 6.54 Å². The standard InChI is InChI=1S/C14H16ClN3O2S/c1-20-5-4-18(9-11-3-2-6-21-11)14(19)12-7-10(16)8-17-13(12)15/h2-3,6-8H,4-5,9,16H2,1H3. The first kappa shape index (κ1) is 15.8. The minimum atomic E-state index is -0.203. The van der Waals surface area contributed by atoms with Gasteiger partial charge < -0.3 is 15.4 Å². The fraction of sp³-hybridized carbons (Fsp3) is 0.286. The molecule has 0 saturated heterocycles. The summed E-state index contributed by atoms with van der Waals surface area (Å²) in [4.78, 5) is 19.3. The molecule has 0 unspecified atom stereocenters. The van der Waals surface area contributed by atoms with Crippen molar-refractivity contribution in [2.24, 2.45) is 0 Å². The molecule has 0 spiro atoms. The van der Waals surface area contributed by atoms with Gasteiger partial charge in [0.15, 0.2) is 0 Å².